The molecule has 0 aromatic heterocycles. The summed E-state index contributed by atoms with van der Waals surface area (Å²) < 4.78 is 10.1. The molecule has 1 aliphatic heterocycles. The smallest absolute Gasteiger partial charge is 0.339 e. The summed E-state index contributed by atoms with van der Waals surface area (Å²) >= 11 is 0. The zero-order valence-electron chi connectivity index (χ0n) is 9.10. The van der Waals surface area contributed by atoms with Crippen molar-refractivity contribution in [2.75, 3.05) is 13.2 Å². The SMILES string of the molecule is CCOC(=O)[C@H](O)c1ccc2c(c1)CCO2. The van der Waals surface area contributed by atoms with Crippen LogP contribution in [-0.2, 0) is 16.0 Å². The molecule has 4 heteroatoms. The highest BCUT2D eigenvalue weighted by Crippen LogP contribution is 2.28. The van der Waals surface area contributed by atoms with E-state index in [1.807, 2.05) is 0 Å². The molecule has 1 aliphatic rings. The molecule has 86 valence electrons. The lowest BCUT2D eigenvalue weighted by Crippen LogP contribution is -2.15. The molecule has 1 aromatic rings. The van der Waals surface area contributed by atoms with Gasteiger partial charge in [-0.1, -0.05) is 6.07 Å². The minimum Gasteiger partial charge on any atom is -0.493 e. The number of ether oxygens (including phenoxy) is 2. The molecular weight excluding hydrogens is 208 g/mol. The Labute approximate surface area is 93.8 Å². The molecule has 1 heterocycles. The summed E-state index contributed by atoms with van der Waals surface area (Å²) in [4.78, 5) is 11.3. The van der Waals surface area contributed by atoms with Crippen molar-refractivity contribution in [2.24, 2.45) is 0 Å². The number of carbonyl (C=O) groups excluding carboxylic acids is 1. The monoisotopic (exact) mass is 222 g/mol. The maximum atomic E-state index is 11.3. The van der Waals surface area contributed by atoms with Crippen LogP contribution in [0.3, 0.4) is 0 Å². The fourth-order valence-electron chi connectivity index (χ4n) is 1.73. The Hall–Kier alpha value is -1.55. The van der Waals surface area contributed by atoms with Crippen LogP contribution in [-0.4, -0.2) is 24.3 Å². The summed E-state index contributed by atoms with van der Waals surface area (Å²) in [5.41, 5.74) is 1.59. The first-order valence-electron chi connectivity index (χ1n) is 5.32. The molecule has 0 fully saturated rings. The third kappa shape index (κ3) is 2.02. The number of esters is 1. The van der Waals surface area contributed by atoms with E-state index in [-0.39, 0.29) is 6.61 Å². The standard InChI is InChI=1S/C12H14O4/c1-2-15-12(14)11(13)9-3-4-10-8(7-9)5-6-16-10/h3-4,7,11,13H,2,5-6H2,1H3/t11-/m1/s1. The van der Waals surface area contributed by atoms with Crippen LogP contribution >= 0.6 is 0 Å². The molecule has 0 aliphatic carbocycles. The number of hydrogen-bond acceptors (Lipinski definition) is 4. The van der Waals surface area contributed by atoms with Crippen LogP contribution in [0.1, 0.15) is 24.2 Å². The van der Waals surface area contributed by atoms with Crippen molar-refractivity contribution in [1.82, 2.24) is 0 Å². The fourth-order valence-corrected chi connectivity index (χ4v) is 1.73. The van der Waals surface area contributed by atoms with Crippen LogP contribution in [0.2, 0.25) is 0 Å². The average molecular weight is 222 g/mol. The first kappa shape index (κ1) is 11.0. The van der Waals surface area contributed by atoms with Crippen molar-refractivity contribution in [3.05, 3.63) is 29.3 Å². The van der Waals surface area contributed by atoms with Gasteiger partial charge in [-0.3, -0.25) is 0 Å². The lowest BCUT2D eigenvalue weighted by molar-refractivity contribution is -0.153. The summed E-state index contributed by atoms with van der Waals surface area (Å²) in [6.07, 6.45) is -0.385. The van der Waals surface area contributed by atoms with Gasteiger partial charge in [-0.05, 0) is 30.2 Å². The summed E-state index contributed by atoms with van der Waals surface area (Å²) in [6, 6.07) is 5.26. The number of fused-ring (bicyclic) bond motifs is 1. The first-order valence-corrected chi connectivity index (χ1v) is 5.32. The van der Waals surface area contributed by atoms with Gasteiger partial charge in [0, 0.05) is 6.42 Å². The molecule has 0 amide bonds. The topological polar surface area (TPSA) is 55.8 Å². The Balaban J connectivity index is 2.18. The Morgan fingerprint density at radius 3 is 3.19 bits per heavy atom. The lowest BCUT2D eigenvalue weighted by Gasteiger charge is -2.10. The molecule has 16 heavy (non-hydrogen) atoms. The number of benzene rings is 1. The average Bonchev–Trinajstić information content (AvgIpc) is 2.75. The van der Waals surface area contributed by atoms with Gasteiger partial charge in [0.05, 0.1) is 13.2 Å². The normalized spacial score (nSPS) is 15.1. The van der Waals surface area contributed by atoms with Crippen molar-refractivity contribution in [3.63, 3.8) is 0 Å². The van der Waals surface area contributed by atoms with Crippen LogP contribution in [0.5, 0.6) is 5.75 Å². The van der Waals surface area contributed by atoms with Gasteiger partial charge in [0.1, 0.15) is 5.75 Å². The minimum atomic E-state index is -1.20. The van der Waals surface area contributed by atoms with E-state index < -0.39 is 12.1 Å². The summed E-state index contributed by atoms with van der Waals surface area (Å²) in [5.74, 6) is 0.223. The highest BCUT2D eigenvalue weighted by Gasteiger charge is 2.21. The predicted molar refractivity (Wildman–Crippen MR) is 57.2 cm³/mol. The molecule has 0 unspecified atom stereocenters. The fraction of sp³-hybridized carbons (Fsp3) is 0.417. The van der Waals surface area contributed by atoms with E-state index in [9.17, 15) is 9.90 Å². The first-order chi connectivity index (χ1) is 7.72. The maximum Gasteiger partial charge on any atom is 0.339 e. The van der Waals surface area contributed by atoms with Crippen molar-refractivity contribution < 1.29 is 19.4 Å². The Kier molecular flexibility index (Phi) is 3.10. The van der Waals surface area contributed by atoms with Gasteiger partial charge < -0.3 is 14.6 Å². The van der Waals surface area contributed by atoms with E-state index in [4.69, 9.17) is 9.47 Å². The van der Waals surface area contributed by atoms with Gasteiger partial charge in [0.15, 0.2) is 6.10 Å². The van der Waals surface area contributed by atoms with Crippen molar-refractivity contribution >= 4 is 5.97 Å². The second-order valence-electron chi connectivity index (χ2n) is 3.62. The number of aliphatic hydroxyl groups is 1. The van der Waals surface area contributed by atoms with Crippen molar-refractivity contribution in [1.29, 1.82) is 0 Å². The van der Waals surface area contributed by atoms with Gasteiger partial charge in [-0.25, -0.2) is 4.79 Å². The zero-order valence-corrected chi connectivity index (χ0v) is 9.10. The number of hydrogen-bond donors (Lipinski definition) is 1. The van der Waals surface area contributed by atoms with Crippen LogP contribution in [0.25, 0.3) is 0 Å². The van der Waals surface area contributed by atoms with Gasteiger partial charge in [0.25, 0.3) is 0 Å². The van der Waals surface area contributed by atoms with Gasteiger partial charge in [0.2, 0.25) is 0 Å². The number of carbonyl (C=O) groups is 1. The molecule has 0 saturated heterocycles. The summed E-state index contributed by atoms with van der Waals surface area (Å²) in [5, 5.41) is 9.74. The van der Waals surface area contributed by atoms with E-state index in [1.165, 1.54) is 0 Å². The Morgan fingerprint density at radius 1 is 1.62 bits per heavy atom. The molecule has 0 bridgehead atoms. The van der Waals surface area contributed by atoms with E-state index >= 15 is 0 Å². The van der Waals surface area contributed by atoms with Gasteiger partial charge in [-0.15, -0.1) is 0 Å². The molecule has 4 nitrogen and oxygen atoms in total. The molecule has 0 saturated carbocycles. The third-order valence-electron chi connectivity index (χ3n) is 2.54. The molecular formula is C12H14O4. The Morgan fingerprint density at radius 2 is 2.44 bits per heavy atom. The number of aliphatic hydroxyl groups excluding tert-OH is 1. The van der Waals surface area contributed by atoms with E-state index in [0.29, 0.717) is 12.2 Å². The van der Waals surface area contributed by atoms with Crippen LogP contribution in [0, 0.1) is 0 Å². The van der Waals surface area contributed by atoms with Crippen molar-refractivity contribution in [2.45, 2.75) is 19.4 Å². The Bertz CT molecular complexity index is 400. The molecule has 2 rings (SSSR count). The molecule has 0 radical (unpaired) electrons. The third-order valence-corrected chi connectivity index (χ3v) is 2.54. The molecule has 1 aromatic carbocycles. The van der Waals surface area contributed by atoms with Crippen molar-refractivity contribution in [3.8, 4) is 5.75 Å². The molecule has 0 spiro atoms. The molecule has 1 N–H and O–H groups in total. The van der Waals surface area contributed by atoms with Crippen LogP contribution in [0.4, 0.5) is 0 Å². The number of rotatable bonds is 3. The van der Waals surface area contributed by atoms with E-state index in [2.05, 4.69) is 0 Å². The second-order valence-corrected chi connectivity index (χ2v) is 3.62. The minimum absolute atomic E-state index is 0.268. The lowest BCUT2D eigenvalue weighted by atomic mass is 10.0. The molecule has 1 atom stereocenters. The van der Waals surface area contributed by atoms with Crippen LogP contribution in [0.15, 0.2) is 18.2 Å². The maximum absolute atomic E-state index is 11.3. The van der Waals surface area contributed by atoms with Gasteiger partial charge >= 0.3 is 5.97 Å². The highest BCUT2D eigenvalue weighted by atomic mass is 16.5. The van der Waals surface area contributed by atoms with Gasteiger partial charge in [-0.2, -0.15) is 0 Å². The van der Waals surface area contributed by atoms with E-state index in [1.54, 1.807) is 25.1 Å². The quantitative estimate of drug-likeness (QED) is 0.781. The highest BCUT2D eigenvalue weighted by molar-refractivity contribution is 5.76. The zero-order chi connectivity index (χ0) is 11.5. The van der Waals surface area contributed by atoms with E-state index in [0.717, 1.165) is 17.7 Å². The summed E-state index contributed by atoms with van der Waals surface area (Å²) in [6.45, 7) is 2.64. The second kappa shape index (κ2) is 4.53. The predicted octanol–water partition coefficient (Wildman–Crippen LogP) is 1.22. The summed E-state index contributed by atoms with van der Waals surface area (Å²) in [7, 11) is 0. The van der Waals surface area contributed by atoms with Crippen LogP contribution < -0.4 is 4.74 Å². The largest absolute Gasteiger partial charge is 0.493 e.